The summed E-state index contributed by atoms with van der Waals surface area (Å²) in [6, 6.07) is 0. The molecule has 0 aliphatic carbocycles. The molecule has 0 saturated carbocycles. The lowest BCUT2D eigenvalue weighted by Crippen LogP contribution is -2.14. The zero-order valence-electron chi connectivity index (χ0n) is 9.15. The van der Waals surface area contributed by atoms with E-state index in [1.165, 1.54) is 11.5 Å². The lowest BCUT2D eigenvalue weighted by Gasteiger charge is -2.06. The Morgan fingerprint density at radius 1 is 1.43 bits per heavy atom. The maximum Gasteiger partial charge on any atom is 0.170 e. The van der Waals surface area contributed by atoms with Crippen LogP contribution in [-0.4, -0.2) is 40.7 Å². The second-order valence-electron chi connectivity index (χ2n) is 3.72. The number of hydrogen-bond acceptors (Lipinski definition) is 5. The molecule has 1 aromatic rings. The van der Waals surface area contributed by atoms with Gasteiger partial charge in [-0.3, -0.25) is 0 Å². The minimum atomic E-state index is 0.439. The third-order valence-corrected chi connectivity index (χ3v) is 3.53. The average Bonchev–Trinajstić information content (AvgIpc) is 2.52. The second-order valence-corrected chi connectivity index (χ2v) is 5.82. The van der Waals surface area contributed by atoms with Gasteiger partial charge in [0.15, 0.2) is 4.34 Å². The Bertz CT molecular complexity index is 271. The van der Waals surface area contributed by atoms with E-state index in [0.717, 1.165) is 22.5 Å². The highest BCUT2D eigenvalue weighted by molar-refractivity contribution is 8.00. The first kappa shape index (κ1) is 11.9. The molecule has 0 aliphatic rings. The molecular formula is C9H17N3S2. The molecule has 0 saturated heterocycles. The van der Waals surface area contributed by atoms with Gasteiger partial charge in [0.1, 0.15) is 5.82 Å². The highest BCUT2D eigenvalue weighted by Gasteiger charge is 2.07. The van der Waals surface area contributed by atoms with E-state index in [1.807, 2.05) is 0 Å². The van der Waals surface area contributed by atoms with Crippen LogP contribution in [0.3, 0.4) is 0 Å². The number of nitrogens with zero attached hydrogens (tertiary/aromatic N) is 3. The van der Waals surface area contributed by atoms with Crippen molar-refractivity contribution in [3.05, 3.63) is 5.82 Å². The molecule has 0 spiro atoms. The molecule has 0 bridgehead atoms. The molecular weight excluding hydrogens is 214 g/mol. The van der Waals surface area contributed by atoms with Crippen LogP contribution in [-0.2, 0) is 0 Å². The van der Waals surface area contributed by atoms with Crippen LogP contribution in [0.25, 0.3) is 0 Å². The molecule has 0 unspecified atom stereocenters. The van der Waals surface area contributed by atoms with Crippen LogP contribution in [0.1, 0.15) is 25.6 Å². The SMILES string of the molecule is CC(C)c1nsc(SCCN(C)C)n1. The Kier molecular flexibility index (Phi) is 4.84. The first-order chi connectivity index (χ1) is 6.59. The minimum absolute atomic E-state index is 0.439. The van der Waals surface area contributed by atoms with Crippen molar-refractivity contribution >= 4 is 23.3 Å². The molecule has 0 aliphatic heterocycles. The van der Waals surface area contributed by atoms with Crippen molar-refractivity contribution in [2.45, 2.75) is 24.1 Å². The van der Waals surface area contributed by atoms with Crippen LogP contribution < -0.4 is 0 Å². The summed E-state index contributed by atoms with van der Waals surface area (Å²) in [5.74, 6) is 2.50. The molecule has 5 heteroatoms. The van der Waals surface area contributed by atoms with Gasteiger partial charge in [-0.05, 0) is 25.6 Å². The predicted octanol–water partition coefficient (Wildman–Crippen LogP) is 2.32. The van der Waals surface area contributed by atoms with Crippen LogP contribution >= 0.6 is 23.3 Å². The molecule has 0 fully saturated rings. The van der Waals surface area contributed by atoms with Gasteiger partial charge in [-0.25, -0.2) is 4.98 Å². The highest BCUT2D eigenvalue weighted by atomic mass is 32.2. The van der Waals surface area contributed by atoms with Crippen LogP contribution in [0.15, 0.2) is 4.34 Å². The molecule has 0 amide bonds. The average molecular weight is 231 g/mol. The molecule has 14 heavy (non-hydrogen) atoms. The van der Waals surface area contributed by atoms with Gasteiger partial charge in [0.25, 0.3) is 0 Å². The van der Waals surface area contributed by atoms with Crippen molar-refractivity contribution in [1.29, 1.82) is 0 Å². The standard InChI is InChI=1S/C9H17N3S2/c1-7(2)8-10-9(14-11-8)13-6-5-12(3)4/h7H,5-6H2,1-4H3. The number of aromatic nitrogens is 2. The Labute approximate surface area is 94.1 Å². The molecule has 3 nitrogen and oxygen atoms in total. The molecule has 1 heterocycles. The molecule has 0 N–H and O–H groups in total. The summed E-state index contributed by atoms with van der Waals surface area (Å²) in [5.41, 5.74) is 0. The van der Waals surface area contributed by atoms with Crippen molar-refractivity contribution < 1.29 is 0 Å². The molecule has 1 rings (SSSR count). The third kappa shape index (κ3) is 3.94. The fraction of sp³-hybridized carbons (Fsp3) is 0.778. The van der Waals surface area contributed by atoms with Gasteiger partial charge in [-0.1, -0.05) is 25.6 Å². The second kappa shape index (κ2) is 5.68. The smallest absolute Gasteiger partial charge is 0.170 e. The molecule has 1 aromatic heterocycles. The quantitative estimate of drug-likeness (QED) is 0.727. The normalized spacial score (nSPS) is 11.6. The summed E-state index contributed by atoms with van der Waals surface area (Å²) in [4.78, 5) is 6.64. The van der Waals surface area contributed by atoms with Crippen molar-refractivity contribution in [1.82, 2.24) is 14.3 Å². The molecule has 80 valence electrons. The Morgan fingerprint density at radius 2 is 2.14 bits per heavy atom. The van der Waals surface area contributed by atoms with E-state index in [2.05, 4.69) is 42.2 Å². The fourth-order valence-electron chi connectivity index (χ4n) is 0.829. The molecule has 0 radical (unpaired) electrons. The van der Waals surface area contributed by atoms with E-state index in [9.17, 15) is 0 Å². The summed E-state index contributed by atoms with van der Waals surface area (Å²) in [7, 11) is 4.17. The van der Waals surface area contributed by atoms with Gasteiger partial charge >= 0.3 is 0 Å². The number of thioether (sulfide) groups is 1. The topological polar surface area (TPSA) is 29.0 Å². The Hall–Kier alpha value is -0.130. The zero-order chi connectivity index (χ0) is 10.6. The van der Waals surface area contributed by atoms with Crippen molar-refractivity contribution in [3.8, 4) is 0 Å². The van der Waals surface area contributed by atoms with E-state index < -0.39 is 0 Å². The summed E-state index contributed by atoms with van der Waals surface area (Å²) in [6.07, 6.45) is 0. The first-order valence-corrected chi connectivity index (χ1v) is 6.46. The van der Waals surface area contributed by atoms with Crippen LogP contribution in [0.2, 0.25) is 0 Å². The summed E-state index contributed by atoms with van der Waals surface area (Å²) < 4.78 is 5.40. The lowest BCUT2D eigenvalue weighted by atomic mass is 10.2. The van der Waals surface area contributed by atoms with Gasteiger partial charge in [-0.2, -0.15) is 4.37 Å². The maximum atomic E-state index is 4.46. The monoisotopic (exact) mass is 231 g/mol. The van der Waals surface area contributed by atoms with Gasteiger partial charge in [0.05, 0.1) is 0 Å². The van der Waals surface area contributed by atoms with E-state index >= 15 is 0 Å². The highest BCUT2D eigenvalue weighted by Crippen LogP contribution is 2.22. The number of hydrogen-bond donors (Lipinski definition) is 0. The van der Waals surface area contributed by atoms with Crippen LogP contribution in [0, 0.1) is 0 Å². The lowest BCUT2D eigenvalue weighted by molar-refractivity contribution is 0.437. The third-order valence-electron chi connectivity index (χ3n) is 1.70. The Morgan fingerprint density at radius 3 is 2.64 bits per heavy atom. The van der Waals surface area contributed by atoms with Gasteiger partial charge < -0.3 is 4.90 Å². The molecule has 0 atom stereocenters. The predicted molar refractivity (Wildman–Crippen MR) is 63.3 cm³/mol. The van der Waals surface area contributed by atoms with E-state index in [-0.39, 0.29) is 0 Å². The van der Waals surface area contributed by atoms with E-state index in [1.54, 1.807) is 11.8 Å². The van der Waals surface area contributed by atoms with Crippen LogP contribution in [0.4, 0.5) is 0 Å². The van der Waals surface area contributed by atoms with Gasteiger partial charge in [0.2, 0.25) is 0 Å². The van der Waals surface area contributed by atoms with Crippen molar-refractivity contribution in [3.63, 3.8) is 0 Å². The number of rotatable bonds is 5. The first-order valence-electron chi connectivity index (χ1n) is 4.70. The maximum absolute atomic E-state index is 4.46. The molecule has 0 aromatic carbocycles. The van der Waals surface area contributed by atoms with E-state index in [4.69, 9.17) is 0 Å². The van der Waals surface area contributed by atoms with E-state index in [0.29, 0.717) is 5.92 Å². The zero-order valence-corrected chi connectivity index (χ0v) is 10.8. The Balaban J connectivity index is 2.36. The summed E-state index contributed by atoms with van der Waals surface area (Å²) >= 11 is 3.30. The van der Waals surface area contributed by atoms with Crippen molar-refractivity contribution in [2.24, 2.45) is 0 Å². The van der Waals surface area contributed by atoms with Gasteiger partial charge in [0, 0.05) is 18.2 Å². The summed E-state index contributed by atoms with van der Waals surface area (Å²) in [5, 5.41) is 0. The fourth-order valence-corrected chi connectivity index (χ4v) is 2.75. The van der Waals surface area contributed by atoms with Crippen molar-refractivity contribution in [2.75, 3.05) is 26.4 Å². The largest absolute Gasteiger partial charge is 0.309 e. The van der Waals surface area contributed by atoms with Crippen LogP contribution in [0.5, 0.6) is 0 Å². The minimum Gasteiger partial charge on any atom is -0.309 e. The van der Waals surface area contributed by atoms with Gasteiger partial charge in [-0.15, -0.1) is 0 Å². The summed E-state index contributed by atoms with van der Waals surface area (Å²) in [6.45, 7) is 5.33.